The van der Waals surface area contributed by atoms with Crippen LogP contribution < -0.4 is 5.32 Å². The number of carbonyl (C=O) groups is 2. The van der Waals surface area contributed by atoms with E-state index < -0.39 is 5.54 Å². The standard InChI is InChI=1S/C16H22N2O2/c1-16(10-4-5-10)15(20)18(7-11(19)17-16)14-12-8-2-3-9(6-8)13(12)14/h8-10,12-14H,2-7H2,1H3,(H,17,19). The van der Waals surface area contributed by atoms with Crippen LogP contribution >= 0.6 is 0 Å². The van der Waals surface area contributed by atoms with Gasteiger partial charge in [0.05, 0.1) is 6.54 Å². The predicted molar refractivity (Wildman–Crippen MR) is 72.6 cm³/mol. The lowest BCUT2D eigenvalue weighted by atomic mass is 9.90. The highest BCUT2D eigenvalue weighted by atomic mass is 16.2. The molecule has 0 spiro atoms. The van der Waals surface area contributed by atoms with Gasteiger partial charge in [-0.15, -0.1) is 0 Å². The van der Waals surface area contributed by atoms with Crippen LogP contribution in [0.15, 0.2) is 0 Å². The highest BCUT2D eigenvalue weighted by molar-refractivity contribution is 5.98. The molecule has 1 heterocycles. The van der Waals surface area contributed by atoms with Crippen molar-refractivity contribution < 1.29 is 9.59 Å². The fourth-order valence-electron chi connectivity index (χ4n) is 5.78. The summed E-state index contributed by atoms with van der Waals surface area (Å²) in [6.45, 7) is 2.25. The largest absolute Gasteiger partial charge is 0.340 e. The fraction of sp³-hybridized carbons (Fsp3) is 0.875. The Morgan fingerprint density at radius 2 is 1.75 bits per heavy atom. The molecule has 1 N–H and O–H groups in total. The minimum atomic E-state index is -0.606. The van der Waals surface area contributed by atoms with Crippen molar-refractivity contribution in [2.24, 2.45) is 29.6 Å². The lowest BCUT2D eigenvalue weighted by Crippen LogP contribution is -2.67. The number of fused-ring (bicyclic) bond motifs is 5. The van der Waals surface area contributed by atoms with E-state index in [9.17, 15) is 9.59 Å². The van der Waals surface area contributed by atoms with Crippen LogP contribution in [0.5, 0.6) is 0 Å². The molecule has 2 amide bonds. The quantitative estimate of drug-likeness (QED) is 0.821. The Morgan fingerprint density at radius 3 is 2.35 bits per heavy atom. The molecule has 1 saturated heterocycles. The van der Waals surface area contributed by atoms with E-state index in [1.165, 1.54) is 19.3 Å². The third-order valence-electron chi connectivity index (χ3n) is 6.87. The molecular weight excluding hydrogens is 252 g/mol. The summed E-state index contributed by atoms with van der Waals surface area (Å²) >= 11 is 0. The van der Waals surface area contributed by atoms with Crippen molar-refractivity contribution >= 4 is 11.8 Å². The molecule has 5 rings (SSSR count). The van der Waals surface area contributed by atoms with Crippen molar-refractivity contribution in [3.05, 3.63) is 0 Å². The van der Waals surface area contributed by atoms with Crippen LogP contribution in [0.1, 0.15) is 39.0 Å². The monoisotopic (exact) mass is 274 g/mol. The zero-order valence-corrected chi connectivity index (χ0v) is 12.0. The van der Waals surface area contributed by atoms with Crippen LogP contribution in [0.3, 0.4) is 0 Å². The zero-order valence-electron chi connectivity index (χ0n) is 12.0. The first-order chi connectivity index (χ1) is 9.59. The molecule has 108 valence electrons. The Balaban J connectivity index is 1.43. The SMILES string of the molecule is CC1(C2CC2)NC(=O)CN(C2C3C4CCC(C4)C32)C1=O. The maximum absolute atomic E-state index is 12.9. The molecule has 0 aromatic rings. The van der Waals surface area contributed by atoms with E-state index in [-0.39, 0.29) is 11.8 Å². The lowest BCUT2D eigenvalue weighted by molar-refractivity contribution is -0.151. The zero-order chi connectivity index (χ0) is 13.6. The fourth-order valence-corrected chi connectivity index (χ4v) is 5.78. The van der Waals surface area contributed by atoms with E-state index in [1.807, 2.05) is 11.8 Å². The van der Waals surface area contributed by atoms with E-state index in [0.29, 0.717) is 18.5 Å². The van der Waals surface area contributed by atoms with Gasteiger partial charge in [0.15, 0.2) is 0 Å². The van der Waals surface area contributed by atoms with Crippen molar-refractivity contribution in [2.45, 2.75) is 50.6 Å². The molecule has 5 atom stereocenters. The van der Waals surface area contributed by atoms with Gasteiger partial charge in [-0.2, -0.15) is 0 Å². The summed E-state index contributed by atoms with van der Waals surface area (Å²) in [6, 6.07) is 0.401. The molecule has 5 unspecified atom stereocenters. The maximum atomic E-state index is 12.9. The number of nitrogens with one attached hydrogen (secondary N) is 1. The van der Waals surface area contributed by atoms with Crippen LogP contribution in [0.2, 0.25) is 0 Å². The Labute approximate surface area is 119 Å². The van der Waals surface area contributed by atoms with Crippen molar-refractivity contribution in [2.75, 3.05) is 6.54 Å². The Morgan fingerprint density at radius 1 is 1.10 bits per heavy atom. The van der Waals surface area contributed by atoms with Crippen molar-refractivity contribution in [1.29, 1.82) is 0 Å². The number of hydrogen-bond acceptors (Lipinski definition) is 2. The Hall–Kier alpha value is -1.06. The highest BCUT2D eigenvalue weighted by Gasteiger charge is 2.69. The summed E-state index contributed by atoms with van der Waals surface area (Å²) in [4.78, 5) is 27.0. The van der Waals surface area contributed by atoms with E-state index in [2.05, 4.69) is 5.32 Å². The smallest absolute Gasteiger partial charge is 0.249 e. The first-order valence-corrected chi connectivity index (χ1v) is 8.21. The molecule has 20 heavy (non-hydrogen) atoms. The highest BCUT2D eigenvalue weighted by Crippen LogP contribution is 2.67. The van der Waals surface area contributed by atoms with Gasteiger partial charge in [0.25, 0.3) is 0 Å². The first kappa shape index (κ1) is 11.6. The minimum Gasteiger partial charge on any atom is -0.340 e. The predicted octanol–water partition coefficient (Wildman–Crippen LogP) is 1.16. The van der Waals surface area contributed by atoms with Crippen molar-refractivity contribution in [1.82, 2.24) is 10.2 Å². The summed E-state index contributed by atoms with van der Waals surface area (Å²) in [5.41, 5.74) is -0.606. The van der Waals surface area contributed by atoms with Gasteiger partial charge < -0.3 is 10.2 Å². The summed E-state index contributed by atoms with van der Waals surface area (Å²) in [6.07, 6.45) is 6.27. The molecule has 0 aromatic heterocycles. The Bertz CT molecular complexity index is 499. The maximum Gasteiger partial charge on any atom is 0.249 e. The number of hydrogen-bond donors (Lipinski definition) is 1. The second-order valence-electron chi connectivity index (χ2n) is 7.94. The van der Waals surface area contributed by atoms with Crippen LogP contribution in [0, 0.1) is 29.6 Å². The number of amides is 2. The number of piperazine rings is 1. The lowest BCUT2D eigenvalue weighted by Gasteiger charge is -2.41. The van der Waals surface area contributed by atoms with Gasteiger partial charge in [0, 0.05) is 6.04 Å². The average molecular weight is 274 g/mol. The van der Waals surface area contributed by atoms with Crippen molar-refractivity contribution in [3.8, 4) is 0 Å². The second-order valence-corrected chi connectivity index (χ2v) is 7.94. The van der Waals surface area contributed by atoms with Crippen LogP contribution in [0.4, 0.5) is 0 Å². The van der Waals surface area contributed by atoms with Gasteiger partial charge in [-0.1, -0.05) is 0 Å². The third-order valence-corrected chi connectivity index (χ3v) is 6.87. The number of carbonyl (C=O) groups excluding carboxylic acids is 2. The third kappa shape index (κ3) is 1.28. The van der Waals surface area contributed by atoms with E-state index in [4.69, 9.17) is 0 Å². The van der Waals surface area contributed by atoms with Crippen LogP contribution in [-0.4, -0.2) is 34.8 Å². The topological polar surface area (TPSA) is 49.4 Å². The molecule has 4 saturated carbocycles. The van der Waals surface area contributed by atoms with E-state index >= 15 is 0 Å². The molecular formula is C16H22N2O2. The van der Waals surface area contributed by atoms with E-state index in [1.54, 1.807) is 0 Å². The molecule has 4 nitrogen and oxygen atoms in total. The molecule has 1 aliphatic heterocycles. The normalized spacial score (nSPS) is 53.0. The summed E-state index contributed by atoms with van der Waals surface area (Å²) < 4.78 is 0. The van der Waals surface area contributed by atoms with Gasteiger partial charge in [0.1, 0.15) is 5.54 Å². The minimum absolute atomic E-state index is 0.0521. The molecule has 0 aromatic carbocycles. The number of nitrogens with zero attached hydrogens (tertiary/aromatic N) is 1. The van der Waals surface area contributed by atoms with Gasteiger partial charge in [-0.05, 0) is 68.6 Å². The Kier molecular flexibility index (Phi) is 1.97. The molecule has 5 fully saturated rings. The van der Waals surface area contributed by atoms with Crippen LogP contribution in [-0.2, 0) is 9.59 Å². The van der Waals surface area contributed by atoms with Gasteiger partial charge in [-0.25, -0.2) is 0 Å². The molecule has 2 bridgehead atoms. The molecule has 4 heteroatoms. The van der Waals surface area contributed by atoms with Gasteiger partial charge in [-0.3, -0.25) is 9.59 Å². The summed E-state index contributed by atoms with van der Waals surface area (Å²) in [5, 5.41) is 2.99. The number of rotatable bonds is 2. The van der Waals surface area contributed by atoms with E-state index in [0.717, 1.165) is 36.5 Å². The van der Waals surface area contributed by atoms with Gasteiger partial charge >= 0.3 is 0 Å². The molecule has 5 aliphatic rings. The summed E-state index contributed by atoms with van der Waals surface area (Å²) in [7, 11) is 0. The van der Waals surface area contributed by atoms with Crippen LogP contribution in [0.25, 0.3) is 0 Å². The first-order valence-electron chi connectivity index (χ1n) is 8.21. The second kappa shape index (κ2) is 3.40. The molecule has 4 aliphatic carbocycles. The van der Waals surface area contributed by atoms with Crippen molar-refractivity contribution in [3.63, 3.8) is 0 Å². The van der Waals surface area contributed by atoms with Gasteiger partial charge in [0.2, 0.25) is 11.8 Å². The molecule has 0 radical (unpaired) electrons. The summed E-state index contributed by atoms with van der Waals surface area (Å²) in [5.74, 6) is 3.78. The average Bonchev–Trinajstić information content (AvgIpc) is 3.32.